The summed E-state index contributed by atoms with van der Waals surface area (Å²) in [6.45, 7) is 4.09. The molecule has 2 N–H and O–H groups in total. The Morgan fingerprint density at radius 2 is 1.75 bits per heavy atom. The Morgan fingerprint density at radius 3 is 2.38 bits per heavy atom. The molecule has 5 heteroatoms. The van der Waals surface area contributed by atoms with E-state index in [-0.39, 0.29) is 30.1 Å². The standard InChI is InChI=1S/C19H28O5/c1-18-8-7-14-12(13(18)5-6-15(18)20)4-3-11(9-16(21)22)19(14,2)10-17(23)24/h11-14H,3-10H2,1-2H3,(H,21,22)(H,23,24)/t11-,12-,13+,14+,18-,19-/m1/s1. The summed E-state index contributed by atoms with van der Waals surface area (Å²) >= 11 is 0. The minimum Gasteiger partial charge on any atom is -0.481 e. The zero-order valence-corrected chi connectivity index (χ0v) is 14.6. The normalized spacial score (nSPS) is 44.7. The number of ketones is 1. The van der Waals surface area contributed by atoms with Gasteiger partial charge in [0.25, 0.3) is 0 Å². The van der Waals surface area contributed by atoms with E-state index in [1.165, 1.54) is 0 Å². The summed E-state index contributed by atoms with van der Waals surface area (Å²) in [6, 6.07) is 0. The summed E-state index contributed by atoms with van der Waals surface area (Å²) in [5.74, 6) is -0.466. The summed E-state index contributed by atoms with van der Waals surface area (Å²) in [5.41, 5.74) is -0.717. The van der Waals surface area contributed by atoms with Crippen LogP contribution in [0.4, 0.5) is 0 Å². The number of aliphatic carboxylic acids is 2. The van der Waals surface area contributed by atoms with Gasteiger partial charge in [-0.15, -0.1) is 0 Å². The van der Waals surface area contributed by atoms with Gasteiger partial charge in [-0.25, -0.2) is 0 Å². The molecule has 3 fully saturated rings. The molecule has 24 heavy (non-hydrogen) atoms. The number of fused-ring (bicyclic) bond motifs is 3. The maximum Gasteiger partial charge on any atom is 0.303 e. The van der Waals surface area contributed by atoms with Crippen LogP contribution in [-0.4, -0.2) is 27.9 Å². The van der Waals surface area contributed by atoms with Gasteiger partial charge < -0.3 is 10.2 Å². The van der Waals surface area contributed by atoms with Gasteiger partial charge in [-0.05, 0) is 61.2 Å². The maximum atomic E-state index is 12.4. The summed E-state index contributed by atoms with van der Waals surface area (Å²) in [5, 5.41) is 18.7. The summed E-state index contributed by atoms with van der Waals surface area (Å²) in [7, 11) is 0. The molecule has 5 nitrogen and oxygen atoms in total. The van der Waals surface area contributed by atoms with Gasteiger partial charge in [0, 0.05) is 18.3 Å². The van der Waals surface area contributed by atoms with Crippen molar-refractivity contribution in [2.24, 2.45) is 34.5 Å². The van der Waals surface area contributed by atoms with Gasteiger partial charge in [0.2, 0.25) is 0 Å². The lowest BCUT2D eigenvalue weighted by molar-refractivity contribution is -0.156. The van der Waals surface area contributed by atoms with Crippen LogP contribution in [0.2, 0.25) is 0 Å². The van der Waals surface area contributed by atoms with E-state index in [1.54, 1.807) is 0 Å². The highest BCUT2D eigenvalue weighted by atomic mass is 16.4. The molecule has 0 radical (unpaired) electrons. The molecule has 134 valence electrons. The van der Waals surface area contributed by atoms with Crippen LogP contribution in [0, 0.1) is 34.5 Å². The number of carboxylic acid groups (broad SMARTS) is 2. The van der Waals surface area contributed by atoms with Crippen LogP contribution in [0.3, 0.4) is 0 Å². The number of hydrogen-bond acceptors (Lipinski definition) is 3. The second kappa shape index (κ2) is 5.85. The van der Waals surface area contributed by atoms with Crippen molar-refractivity contribution in [3.05, 3.63) is 0 Å². The van der Waals surface area contributed by atoms with Crippen molar-refractivity contribution >= 4 is 17.7 Å². The molecule has 0 unspecified atom stereocenters. The van der Waals surface area contributed by atoms with Crippen LogP contribution in [-0.2, 0) is 14.4 Å². The molecule has 3 rings (SSSR count). The average molecular weight is 336 g/mol. The van der Waals surface area contributed by atoms with Crippen LogP contribution >= 0.6 is 0 Å². The second-order valence-corrected chi connectivity index (χ2v) is 8.74. The number of rotatable bonds is 4. The van der Waals surface area contributed by atoms with Crippen molar-refractivity contribution < 1.29 is 24.6 Å². The van der Waals surface area contributed by atoms with Crippen molar-refractivity contribution in [3.63, 3.8) is 0 Å². The Kier molecular flexibility index (Phi) is 4.25. The van der Waals surface area contributed by atoms with Crippen molar-refractivity contribution in [1.82, 2.24) is 0 Å². The van der Waals surface area contributed by atoms with Gasteiger partial charge in [0.15, 0.2) is 0 Å². The van der Waals surface area contributed by atoms with E-state index in [2.05, 4.69) is 6.92 Å². The highest BCUT2D eigenvalue weighted by molar-refractivity contribution is 5.87. The van der Waals surface area contributed by atoms with E-state index in [1.807, 2.05) is 6.92 Å². The van der Waals surface area contributed by atoms with E-state index >= 15 is 0 Å². The van der Waals surface area contributed by atoms with Gasteiger partial charge in [0.05, 0.1) is 6.42 Å². The van der Waals surface area contributed by atoms with Crippen LogP contribution < -0.4 is 0 Å². The van der Waals surface area contributed by atoms with E-state index in [0.717, 1.165) is 32.1 Å². The Labute approximate surface area is 142 Å². The lowest BCUT2D eigenvalue weighted by Gasteiger charge is -2.57. The topological polar surface area (TPSA) is 91.7 Å². The van der Waals surface area contributed by atoms with Crippen LogP contribution in [0.5, 0.6) is 0 Å². The van der Waals surface area contributed by atoms with E-state index in [0.29, 0.717) is 24.0 Å². The quantitative estimate of drug-likeness (QED) is 0.821. The van der Waals surface area contributed by atoms with Crippen molar-refractivity contribution in [1.29, 1.82) is 0 Å². The van der Waals surface area contributed by atoms with Crippen LogP contribution in [0.15, 0.2) is 0 Å². The van der Waals surface area contributed by atoms with Crippen LogP contribution in [0.25, 0.3) is 0 Å². The third kappa shape index (κ3) is 2.56. The molecule has 0 heterocycles. The molecule has 0 aliphatic heterocycles. The third-order valence-electron chi connectivity index (χ3n) is 7.73. The Balaban J connectivity index is 1.92. The fourth-order valence-electron chi connectivity index (χ4n) is 6.45. The van der Waals surface area contributed by atoms with E-state index < -0.39 is 17.4 Å². The lowest BCUT2D eigenvalue weighted by atomic mass is 9.46. The molecule has 0 spiro atoms. The third-order valence-corrected chi connectivity index (χ3v) is 7.73. The van der Waals surface area contributed by atoms with Gasteiger partial charge >= 0.3 is 11.9 Å². The molecule has 3 saturated carbocycles. The molecule has 3 aliphatic rings. The van der Waals surface area contributed by atoms with Gasteiger partial charge in [0.1, 0.15) is 5.78 Å². The summed E-state index contributed by atoms with van der Waals surface area (Å²) in [6.07, 6.45) is 5.03. The number of Topliss-reactive ketones (excluding diaryl/α,β-unsaturated/α-hetero) is 1. The predicted octanol–water partition coefficient (Wildman–Crippen LogP) is 3.36. The van der Waals surface area contributed by atoms with Crippen LogP contribution in [0.1, 0.15) is 65.2 Å². The molecular weight excluding hydrogens is 308 g/mol. The summed E-state index contributed by atoms with van der Waals surface area (Å²) < 4.78 is 0. The second-order valence-electron chi connectivity index (χ2n) is 8.74. The highest BCUT2D eigenvalue weighted by Crippen LogP contribution is 2.64. The molecule has 0 amide bonds. The minimum atomic E-state index is -0.843. The SMILES string of the molecule is C[C@@]1(CC(=O)O)[C@@H](CC(=O)O)CC[C@H]2[C@@H]1CC[C@@]1(C)C(=O)CC[C@@H]21. The average Bonchev–Trinajstić information content (AvgIpc) is 2.77. The molecule has 0 saturated heterocycles. The fraction of sp³-hybridized carbons (Fsp3) is 0.842. The first-order valence-electron chi connectivity index (χ1n) is 9.15. The van der Waals surface area contributed by atoms with Crippen molar-refractivity contribution in [2.75, 3.05) is 0 Å². The smallest absolute Gasteiger partial charge is 0.303 e. The van der Waals surface area contributed by atoms with Gasteiger partial charge in [-0.1, -0.05) is 13.8 Å². The Bertz CT molecular complexity index is 570. The molecular formula is C19H28O5. The zero-order chi connectivity index (χ0) is 17.7. The number of carbonyl (C=O) groups excluding carboxylic acids is 1. The van der Waals surface area contributed by atoms with E-state index in [4.69, 9.17) is 0 Å². The minimum absolute atomic E-state index is 0.0312. The first kappa shape index (κ1) is 17.4. The highest BCUT2D eigenvalue weighted by Gasteiger charge is 2.60. The maximum absolute atomic E-state index is 12.4. The van der Waals surface area contributed by atoms with Crippen molar-refractivity contribution in [3.8, 4) is 0 Å². The molecule has 3 aliphatic carbocycles. The predicted molar refractivity (Wildman–Crippen MR) is 87.4 cm³/mol. The molecule has 6 atom stereocenters. The number of carbonyl (C=O) groups is 3. The first-order chi connectivity index (χ1) is 11.2. The molecule has 0 bridgehead atoms. The van der Waals surface area contributed by atoms with E-state index in [9.17, 15) is 24.6 Å². The van der Waals surface area contributed by atoms with Gasteiger partial charge in [-0.3, -0.25) is 14.4 Å². The van der Waals surface area contributed by atoms with Crippen molar-refractivity contribution in [2.45, 2.75) is 65.2 Å². The Morgan fingerprint density at radius 1 is 1.04 bits per heavy atom. The van der Waals surface area contributed by atoms with Gasteiger partial charge in [-0.2, -0.15) is 0 Å². The fourth-order valence-corrected chi connectivity index (χ4v) is 6.45. The first-order valence-corrected chi connectivity index (χ1v) is 9.15. The molecule has 0 aromatic rings. The lowest BCUT2D eigenvalue weighted by Crippen LogP contribution is -2.53. The summed E-state index contributed by atoms with van der Waals surface area (Å²) in [4.78, 5) is 35.2. The zero-order valence-electron chi connectivity index (χ0n) is 14.6. The molecule has 0 aromatic carbocycles. The Hall–Kier alpha value is -1.39. The number of hydrogen-bond donors (Lipinski definition) is 2. The largest absolute Gasteiger partial charge is 0.481 e. The monoisotopic (exact) mass is 336 g/mol. The number of carboxylic acids is 2. The molecule has 0 aromatic heterocycles.